The number of anilines is 2. The molecular weight excluding hydrogens is 350 g/mol. The molecule has 0 atom stereocenters. The van der Waals surface area contributed by atoms with E-state index in [-0.39, 0.29) is 5.91 Å². The normalized spacial score (nSPS) is 10.1. The zero-order valence-electron chi connectivity index (χ0n) is 15.0. The average Bonchev–Trinajstić information content (AvgIpc) is 2.61. The minimum atomic E-state index is -0.0538. The molecule has 0 heterocycles. The molecule has 0 bridgehead atoms. The van der Waals surface area contributed by atoms with Gasteiger partial charge in [0.25, 0.3) is 0 Å². The third kappa shape index (κ3) is 5.68. The van der Waals surface area contributed by atoms with Gasteiger partial charge in [-0.15, -0.1) is 0 Å². The highest BCUT2D eigenvalue weighted by molar-refractivity contribution is 6.34. The lowest BCUT2D eigenvalue weighted by atomic mass is 10.2. The van der Waals surface area contributed by atoms with Gasteiger partial charge in [0.15, 0.2) is 0 Å². The van der Waals surface area contributed by atoms with Crippen LogP contribution in [0.25, 0.3) is 0 Å². The summed E-state index contributed by atoms with van der Waals surface area (Å²) < 4.78 is 5.61. The van der Waals surface area contributed by atoms with E-state index in [9.17, 15) is 4.79 Å². The predicted octanol–water partition coefficient (Wildman–Crippen LogP) is 4.47. The molecule has 0 radical (unpaired) electrons. The highest BCUT2D eigenvalue weighted by Gasteiger charge is 2.11. The number of nitrogens with zero attached hydrogens (tertiary/aromatic N) is 2. The topological polar surface area (TPSA) is 65.4 Å². The second-order valence-electron chi connectivity index (χ2n) is 6.02. The van der Waals surface area contributed by atoms with Gasteiger partial charge in [0.1, 0.15) is 5.75 Å². The van der Waals surface area contributed by atoms with E-state index in [4.69, 9.17) is 21.6 Å². The molecule has 0 spiro atoms. The second kappa shape index (κ2) is 9.69. The van der Waals surface area contributed by atoms with Crippen LogP contribution >= 0.6 is 11.6 Å². The summed E-state index contributed by atoms with van der Waals surface area (Å²) in [7, 11) is 3.77. The van der Waals surface area contributed by atoms with Crippen molar-refractivity contribution >= 4 is 28.9 Å². The number of carbonyl (C=O) groups excluding carboxylic acids is 1. The number of halogens is 1. The van der Waals surface area contributed by atoms with E-state index in [0.717, 1.165) is 12.1 Å². The molecule has 0 saturated carbocycles. The van der Waals surface area contributed by atoms with E-state index in [0.29, 0.717) is 41.5 Å². The molecule has 2 aromatic carbocycles. The van der Waals surface area contributed by atoms with Crippen molar-refractivity contribution in [2.45, 2.75) is 19.3 Å². The Morgan fingerprint density at radius 3 is 2.73 bits per heavy atom. The lowest BCUT2D eigenvalue weighted by molar-refractivity contribution is -0.116. The van der Waals surface area contributed by atoms with Crippen LogP contribution in [-0.2, 0) is 4.79 Å². The van der Waals surface area contributed by atoms with Crippen LogP contribution in [0.3, 0.4) is 0 Å². The Kier molecular flexibility index (Phi) is 7.31. The minimum Gasteiger partial charge on any atom is -0.494 e. The monoisotopic (exact) mass is 371 g/mol. The highest BCUT2D eigenvalue weighted by atomic mass is 35.5. The van der Waals surface area contributed by atoms with Gasteiger partial charge in [-0.25, -0.2) is 0 Å². The molecule has 0 aliphatic carbocycles. The van der Waals surface area contributed by atoms with Crippen LogP contribution in [0, 0.1) is 11.3 Å². The Balaban J connectivity index is 1.76. The Morgan fingerprint density at radius 2 is 2.00 bits per heavy atom. The first kappa shape index (κ1) is 19.6. The van der Waals surface area contributed by atoms with Gasteiger partial charge in [0.05, 0.1) is 34.6 Å². The van der Waals surface area contributed by atoms with Gasteiger partial charge in [-0.05, 0) is 43.2 Å². The number of para-hydroxylation sites is 1. The summed E-state index contributed by atoms with van der Waals surface area (Å²) in [5.74, 6) is 0.616. The number of nitrogens with one attached hydrogen (secondary N) is 1. The highest BCUT2D eigenvalue weighted by Crippen LogP contribution is 2.32. The van der Waals surface area contributed by atoms with Gasteiger partial charge in [0, 0.05) is 20.5 Å². The molecule has 0 fully saturated rings. The second-order valence-corrected chi connectivity index (χ2v) is 6.43. The molecule has 0 saturated heterocycles. The largest absolute Gasteiger partial charge is 0.494 e. The van der Waals surface area contributed by atoms with Gasteiger partial charge < -0.3 is 15.0 Å². The fraction of sp³-hybridized carbons (Fsp3) is 0.300. The van der Waals surface area contributed by atoms with E-state index in [1.807, 2.05) is 37.2 Å². The quantitative estimate of drug-likeness (QED) is 0.695. The molecular formula is C20H22ClN3O2. The summed E-state index contributed by atoms with van der Waals surface area (Å²) >= 11 is 6.20. The molecule has 0 aliphatic rings. The lowest BCUT2D eigenvalue weighted by Crippen LogP contribution is -2.17. The lowest BCUT2D eigenvalue weighted by Gasteiger charge is -2.19. The van der Waals surface area contributed by atoms with Crippen LogP contribution in [0.1, 0.15) is 24.8 Å². The van der Waals surface area contributed by atoms with Gasteiger partial charge in [-0.2, -0.15) is 5.26 Å². The third-order valence-electron chi connectivity index (χ3n) is 3.74. The molecule has 2 aromatic rings. The molecule has 6 heteroatoms. The van der Waals surface area contributed by atoms with E-state index >= 15 is 0 Å². The average molecular weight is 372 g/mol. The number of hydrogen-bond acceptors (Lipinski definition) is 4. The molecule has 1 N–H and O–H groups in total. The summed E-state index contributed by atoms with van der Waals surface area (Å²) in [6.45, 7) is 0.502. The number of ether oxygens (including phenoxy) is 1. The van der Waals surface area contributed by atoms with E-state index in [2.05, 4.69) is 11.4 Å². The Morgan fingerprint density at radius 1 is 1.23 bits per heavy atom. The molecule has 1 amide bonds. The van der Waals surface area contributed by atoms with Crippen molar-refractivity contribution in [3.8, 4) is 11.8 Å². The number of benzene rings is 2. The van der Waals surface area contributed by atoms with E-state index in [1.165, 1.54) is 0 Å². The van der Waals surface area contributed by atoms with Gasteiger partial charge >= 0.3 is 0 Å². The van der Waals surface area contributed by atoms with Crippen molar-refractivity contribution in [3.63, 3.8) is 0 Å². The standard InChI is InChI=1S/C20H22ClN3O2/c1-24(2)20-17(21)9-6-10-18(20)23-19(25)11-3-4-12-26-16-8-5-7-15(13-16)14-22/h5-10,13H,3-4,11-12H2,1-2H3,(H,23,25). The number of amides is 1. The maximum Gasteiger partial charge on any atom is 0.224 e. The fourth-order valence-corrected chi connectivity index (χ4v) is 2.86. The minimum absolute atomic E-state index is 0.0538. The first-order valence-electron chi connectivity index (χ1n) is 8.40. The van der Waals surface area contributed by atoms with Crippen molar-refractivity contribution in [2.24, 2.45) is 0 Å². The van der Waals surface area contributed by atoms with Crippen LogP contribution in [0.2, 0.25) is 5.02 Å². The Labute approximate surface area is 159 Å². The zero-order valence-corrected chi connectivity index (χ0v) is 15.7. The zero-order chi connectivity index (χ0) is 18.9. The number of rotatable bonds is 8. The Hall–Kier alpha value is -2.71. The number of hydrogen-bond donors (Lipinski definition) is 1. The first-order valence-corrected chi connectivity index (χ1v) is 8.77. The molecule has 0 unspecified atom stereocenters. The number of unbranched alkanes of at least 4 members (excludes halogenated alkanes) is 1. The van der Waals surface area contributed by atoms with Gasteiger partial charge in [-0.1, -0.05) is 23.7 Å². The van der Waals surface area contributed by atoms with Crippen molar-refractivity contribution in [1.29, 1.82) is 5.26 Å². The molecule has 5 nitrogen and oxygen atoms in total. The molecule has 136 valence electrons. The summed E-state index contributed by atoms with van der Waals surface area (Å²) in [6, 6.07) is 14.6. The smallest absolute Gasteiger partial charge is 0.224 e. The number of carbonyl (C=O) groups is 1. The third-order valence-corrected chi connectivity index (χ3v) is 4.04. The van der Waals surface area contributed by atoms with Crippen LogP contribution in [-0.4, -0.2) is 26.6 Å². The molecule has 26 heavy (non-hydrogen) atoms. The van der Waals surface area contributed by atoms with Crippen LogP contribution in [0.5, 0.6) is 5.75 Å². The maximum absolute atomic E-state index is 12.2. The van der Waals surface area contributed by atoms with Gasteiger partial charge in [0.2, 0.25) is 5.91 Å². The fourth-order valence-electron chi connectivity index (χ4n) is 2.52. The van der Waals surface area contributed by atoms with Crippen LogP contribution < -0.4 is 15.0 Å². The van der Waals surface area contributed by atoms with Crippen molar-refractivity contribution < 1.29 is 9.53 Å². The molecule has 0 aromatic heterocycles. The molecule has 0 aliphatic heterocycles. The summed E-state index contributed by atoms with van der Waals surface area (Å²) in [5, 5.41) is 12.4. The maximum atomic E-state index is 12.2. The van der Waals surface area contributed by atoms with Crippen LogP contribution in [0.4, 0.5) is 11.4 Å². The Bertz CT molecular complexity index is 800. The summed E-state index contributed by atoms with van der Waals surface area (Å²) in [5.41, 5.74) is 2.07. The van der Waals surface area contributed by atoms with Crippen molar-refractivity contribution in [1.82, 2.24) is 0 Å². The predicted molar refractivity (Wildman–Crippen MR) is 105 cm³/mol. The van der Waals surface area contributed by atoms with E-state index in [1.54, 1.807) is 24.3 Å². The van der Waals surface area contributed by atoms with Gasteiger partial charge in [-0.3, -0.25) is 4.79 Å². The summed E-state index contributed by atoms with van der Waals surface area (Å²) in [4.78, 5) is 14.0. The van der Waals surface area contributed by atoms with Crippen LogP contribution in [0.15, 0.2) is 42.5 Å². The number of nitriles is 1. The summed E-state index contributed by atoms with van der Waals surface area (Å²) in [6.07, 6.45) is 1.86. The first-order chi connectivity index (χ1) is 12.5. The SMILES string of the molecule is CN(C)c1c(Cl)cccc1NC(=O)CCCCOc1cccc(C#N)c1. The van der Waals surface area contributed by atoms with Crippen molar-refractivity contribution in [3.05, 3.63) is 53.1 Å². The molecule has 2 rings (SSSR count). The van der Waals surface area contributed by atoms with Crippen molar-refractivity contribution in [2.75, 3.05) is 30.9 Å². The van der Waals surface area contributed by atoms with E-state index < -0.39 is 0 Å².